The summed E-state index contributed by atoms with van der Waals surface area (Å²) in [5.74, 6) is -0.786. The van der Waals surface area contributed by atoms with Gasteiger partial charge in [0, 0.05) is 18.0 Å². The van der Waals surface area contributed by atoms with Crippen LogP contribution in [0.15, 0.2) is 18.2 Å². The van der Waals surface area contributed by atoms with Crippen LogP contribution in [-0.4, -0.2) is 17.9 Å². The molecule has 4 N–H and O–H groups in total. The highest BCUT2D eigenvalue weighted by atomic mass is 35.5. The molecule has 0 fully saturated rings. The Bertz CT molecular complexity index is 489. The minimum atomic E-state index is -0.343. The molecular formula is C13H18ClN3O2. The molecule has 0 saturated heterocycles. The van der Waals surface area contributed by atoms with E-state index in [0.29, 0.717) is 16.4 Å². The first-order valence-corrected chi connectivity index (χ1v) is 6.32. The van der Waals surface area contributed by atoms with Crippen molar-refractivity contribution in [3.63, 3.8) is 0 Å². The molecule has 2 amide bonds. The zero-order valence-electron chi connectivity index (χ0n) is 11.2. The van der Waals surface area contributed by atoms with Crippen molar-refractivity contribution in [3.8, 4) is 0 Å². The molecule has 0 spiro atoms. The number of rotatable bonds is 4. The Balaban J connectivity index is 2.95. The summed E-state index contributed by atoms with van der Waals surface area (Å²) in [6.07, 6.45) is 0. The van der Waals surface area contributed by atoms with Crippen molar-refractivity contribution in [3.05, 3.63) is 23.2 Å². The van der Waals surface area contributed by atoms with E-state index in [0.717, 1.165) is 0 Å². The van der Waals surface area contributed by atoms with E-state index >= 15 is 0 Å². The van der Waals surface area contributed by atoms with Crippen LogP contribution in [0, 0.1) is 5.92 Å². The summed E-state index contributed by atoms with van der Waals surface area (Å²) >= 11 is 5.89. The fourth-order valence-electron chi connectivity index (χ4n) is 1.40. The maximum atomic E-state index is 12.0. The van der Waals surface area contributed by atoms with Gasteiger partial charge in [-0.15, -0.1) is 0 Å². The Kier molecular flexibility index (Phi) is 5.32. The first kappa shape index (κ1) is 15.5. The van der Waals surface area contributed by atoms with E-state index in [1.165, 1.54) is 6.92 Å². The average Bonchev–Trinajstić information content (AvgIpc) is 2.31. The molecule has 2 unspecified atom stereocenters. The Morgan fingerprint density at radius 1 is 1.21 bits per heavy atom. The summed E-state index contributed by atoms with van der Waals surface area (Å²) in [6, 6.07) is 4.59. The van der Waals surface area contributed by atoms with Crippen molar-refractivity contribution in [1.29, 1.82) is 0 Å². The number of anilines is 2. The van der Waals surface area contributed by atoms with Crippen molar-refractivity contribution < 1.29 is 9.59 Å². The Hall–Kier alpha value is -1.59. The predicted molar refractivity (Wildman–Crippen MR) is 77.2 cm³/mol. The topological polar surface area (TPSA) is 84.2 Å². The van der Waals surface area contributed by atoms with Gasteiger partial charge in [0.2, 0.25) is 11.8 Å². The summed E-state index contributed by atoms with van der Waals surface area (Å²) in [5.41, 5.74) is 6.64. The van der Waals surface area contributed by atoms with Gasteiger partial charge in [-0.1, -0.05) is 18.5 Å². The van der Waals surface area contributed by atoms with Crippen molar-refractivity contribution in [1.82, 2.24) is 0 Å². The number of carbonyl (C=O) groups excluding carboxylic acids is 2. The first-order valence-electron chi connectivity index (χ1n) is 5.95. The lowest BCUT2D eigenvalue weighted by atomic mass is 10.0. The molecule has 0 aliphatic carbocycles. The third kappa shape index (κ3) is 4.54. The van der Waals surface area contributed by atoms with E-state index < -0.39 is 0 Å². The summed E-state index contributed by atoms with van der Waals surface area (Å²) in [6.45, 7) is 4.89. The SMILES string of the molecule is CC(=O)Nc1ccc(Cl)cc1NC(=O)C(C)C(C)N. The maximum Gasteiger partial charge on any atom is 0.228 e. The highest BCUT2D eigenvalue weighted by Crippen LogP contribution is 2.26. The third-order valence-electron chi connectivity index (χ3n) is 2.75. The Morgan fingerprint density at radius 3 is 2.37 bits per heavy atom. The summed E-state index contributed by atoms with van der Waals surface area (Å²) in [7, 11) is 0. The number of halogens is 1. The number of hydrogen-bond donors (Lipinski definition) is 3. The van der Waals surface area contributed by atoms with Gasteiger partial charge in [0.15, 0.2) is 0 Å². The van der Waals surface area contributed by atoms with Crippen molar-refractivity contribution >= 4 is 34.8 Å². The number of hydrogen-bond acceptors (Lipinski definition) is 3. The van der Waals surface area contributed by atoms with Gasteiger partial charge in [-0.2, -0.15) is 0 Å². The standard InChI is InChI=1S/C13H18ClN3O2/c1-7(8(2)15)13(19)17-12-6-10(14)4-5-11(12)16-9(3)18/h4-8H,15H2,1-3H3,(H,16,18)(H,17,19). The molecule has 2 atom stereocenters. The maximum absolute atomic E-state index is 12.0. The van der Waals surface area contributed by atoms with Gasteiger partial charge in [-0.05, 0) is 25.1 Å². The van der Waals surface area contributed by atoms with Crippen LogP contribution in [0.3, 0.4) is 0 Å². The monoisotopic (exact) mass is 283 g/mol. The van der Waals surface area contributed by atoms with Gasteiger partial charge in [0.1, 0.15) is 0 Å². The normalized spacial score (nSPS) is 13.5. The number of nitrogens with one attached hydrogen (secondary N) is 2. The van der Waals surface area contributed by atoms with E-state index in [1.807, 2.05) is 0 Å². The molecule has 19 heavy (non-hydrogen) atoms. The Labute approximate surface area is 117 Å². The van der Waals surface area contributed by atoms with Gasteiger partial charge in [0.05, 0.1) is 17.3 Å². The summed E-state index contributed by atoms with van der Waals surface area (Å²) < 4.78 is 0. The number of nitrogens with two attached hydrogens (primary N) is 1. The number of amides is 2. The molecule has 0 bridgehead atoms. The van der Waals surface area contributed by atoms with E-state index in [2.05, 4.69) is 10.6 Å². The number of benzene rings is 1. The third-order valence-corrected chi connectivity index (χ3v) is 2.99. The minimum absolute atomic E-state index is 0.219. The van der Waals surface area contributed by atoms with Gasteiger partial charge < -0.3 is 16.4 Å². The van der Waals surface area contributed by atoms with Gasteiger partial charge >= 0.3 is 0 Å². The van der Waals surface area contributed by atoms with Crippen molar-refractivity contribution in [2.24, 2.45) is 11.7 Å². The quantitative estimate of drug-likeness (QED) is 0.792. The first-order chi connectivity index (χ1) is 8.81. The molecule has 5 nitrogen and oxygen atoms in total. The summed E-state index contributed by atoms with van der Waals surface area (Å²) in [4.78, 5) is 23.1. The van der Waals surface area contributed by atoms with Crippen LogP contribution >= 0.6 is 11.6 Å². The second-order valence-corrected chi connectivity index (χ2v) is 4.94. The molecule has 104 valence electrons. The van der Waals surface area contributed by atoms with E-state index in [-0.39, 0.29) is 23.8 Å². The van der Waals surface area contributed by atoms with E-state index in [9.17, 15) is 9.59 Å². The molecule has 1 aromatic carbocycles. The largest absolute Gasteiger partial charge is 0.327 e. The lowest BCUT2D eigenvalue weighted by molar-refractivity contribution is -0.120. The van der Waals surface area contributed by atoms with Gasteiger partial charge in [0.25, 0.3) is 0 Å². The predicted octanol–water partition coefficient (Wildman–Crippen LogP) is 2.22. The molecule has 1 rings (SSSR count). The zero-order valence-corrected chi connectivity index (χ0v) is 11.9. The molecule has 0 radical (unpaired) electrons. The molecule has 6 heteroatoms. The van der Waals surface area contributed by atoms with E-state index in [1.54, 1.807) is 32.0 Å². The van der Waals surface area contributed by atoms with Crippen LogP contribution in [0.4, 0.5) is 11.4 Å². The molecule has 0 aliphatic heterocycles. The second-order valence-electron chi connectivity index (χ2n) is 4.51. The van der Waals surface area contributed by atoms with Crippen molar-refractivity contribution in [2.75, 3.05) is 10.6 Å². The fraction of sp³-hybridized carbons (Fsp3) is 0.385. The minimum Gasteiger partial charge on any atom is -0.327 e. The Morgan fingerprint density at radius 2 is 1.84 bits per heavy atom. The van der Waals surface area contributed by atoms with Crippen LogP contribution in [0.2, 0.25) is 5.02 Å². The molecule has 0 saturated carbocycles. The molecule has 0 aliphatic rings. The van der Waals surface area contributed by atoms with Gasteiger partial charge in [-0.3, -0.25) is 9.59 Å². The van der Waals surface area contributed by atoms with Crippen LogP contribution in [-0.2, 0) is 9.59 Å². The fourth-order valence-corrected chi connectivity index (χ4v) is 1.58. The lowest BCUT2D eigenvalue weighted by Gasteiger charge is -2.17. The zero-order chi connectivity index (χ0) is 14.6. The van der Waals surface area contributed by atoms with Crippen LogP contribution in [0.1, 0.15) is 20.8 Å². The van der Waals surface area contributed by atoms with Crippen molar-refractivity contribution in [2.45, 2.75) is 26.8 Å². The molecule has 0 heterocycles. The summed E-state index contributed by atoms with van der Waals surface area (Å²) in [5, 5.41) is 5.82. The highest BCUT2D eigenvalue weighted by Gasteiger charge is 2.18. The molecule has 0 aromatic heterocycles. The highest BCUT2D eigenvalue weighted by molar-refractivity contribution is 6.31. The van der Waals surface area contributed by atoms with E-state index in [4.69, 9.17) is 17.3 Å². The smallest absolute Gasteiger partial charge is 0.228 e. The molecular weight excluding hydrogens is 266 g/mol. The van der Waals surface area contributed by atoms with Crippen LogP contribution < -0.4 is 16.4 Å². The van der Waals surface area contributed by atoms with Gasteiger partial charge in [-0.25, -0.2) is 0 Å². The van der Waals surface area contributed by atoms with Crippen LogP contribution in [0.25, 0.3) is 0 Å². The molecule has 1 aromatic rings. The lowest BCUT2D eigenvalue weighted by Crippen LogP contribution is -2.34. The second kappa shape index (κ2) is 6.54. The average molecular weight is 284 g/mol. The van der Waals surface area contributed by atoms with Crippen LogP contribution in [0.5, 0.6) is 0 Å². The number of carbonyl (C=O) groups is 2.